The average molecular weight is 252 g/mol. The van der Waals surface area contributed by atoms with E-state index in [1.54, 1.807) is 0 Å². The van der Waals surface area contributed by atoms with Gasteiger partial charge in [0.25, 0.3) is 0 Å². The van der Waals surface area contributed by atoms with Crippen molar-refractivity contribution in [3.8, 4) is 0 Å². The van der Waals surface area contributed by atoms with Crippen LogP contribution in [0.4, 0.5) is 0 Å². The van der Waals surface area contributed by atoms with E-state index in [1.165, 1.54) is 16.5 Å². The molecule has 0 saturated carbocycles. The standard InChI is InChI=1S/C14H18ClNO/c1-3-11-9-16(7-4-8-17)14-10(2)13(15)6-5-12(11)14/h5-6,9,17H,3-4,7-8H2,1-2H3. The van der Waals surface area contributed by atoms with Crippen LogP contribution in [0.25, 0.3) is 10.9 Å². The lowest BCUT2D eigenvalue weighted by atomic mass is 10.1. The molecule has 0 atom stereocenters. The van der Waals surface area contributed by atoms with Crippen LogP contribution in [0.1, 0.15) is 24.5 Å². The van der Waals surface area contributed by atoms with E-state index in [0.717, 1.165) is 30.0 Å². The molecule has 0 bridgehead atoms. The number of aromatic nitrogens is 1. The van der Waals surface area contributed by atoms with Crippen LogP contribution in [0.15, 0.2) is 18.3 Å². The van der Waals surface area contributed by atoms with Crippen LogP contribution in [0.3, 0.4) is 0 Å². The number of halogens is 1. The average Bonchev–Trinajstić information content (AvgIpc) is 2.70. The van der Waals surface area contributed by atoms with E-state index in [2.05, 4.69) is 30.7 Å². The Morgan fingerprint density at radius 3 is 2.76 bits per heavy atom. The fourth-order valence-electron chi connectivity index (χ4n) is 2.33. The molecule has 0 spiro atoms. The lowest BCUT2D eigenvalue weighted by Crippen LogP contribution is -1.99. The minimum atomic E-state index is 0.223. The van der Waals surface area contributed by atoms with Gasteiger partial charge in [-0.25, -0.2) is 0 Å². The van der Waals surface area contributed by atoms with Gasteiger partial charge in [-0.05, 0) is 37.0 Å². The van der Waals surface area contributed by atoms with Crippen molar-refractivity contribution in [1.82, 2.24) is 4.57 Å². The normalized spacial score (nSPS) is 11.3. The Morgan fingerprint density at radius 1 is 1.35 bits per heavy atom. The second-order valence-electron chi connectivity index (χ2n) is 4.35. The van der Waals surface area contributed by atoms with Crippen molar-refractivity contribution in [2.45, 2.75) is 33.2 Å². The van der Waals surface area contributed by atoms with Crippen molar-refractivity contribution in [2.24, 2.45) is 0 Å². The summed E-state index contributed by atoms with van der Waals surface area (Å²) in [5.41, 5.74) is 3.68. The molecule has 2 aromatic rings. The molecule has 1 aromatic carbocycles. The van der Waals surface area contributed by atoms with Gasteiger partial charge in [0.1, 0.15) is 0 Å². The van der Waals surface area contributed by atoms with Gasteiger partial charge >= 0.3 is 0 Å². The highest BCUT2D eigenvalue weighted by Crippen LogP contribution is 2.29. The molecule has 1 N–H and O–H groups in total. The van der Waals surface area contributed by atoms with Crippen LogP contribution < -0.4 is 0 Å². The van der Waals surface area contributed by atoms with Gasteiger partial charge in [0.05, 0.1) is 5.52 Å². The maximum Gasteiger partial charge on any atom is 0.0527 e. The predicted octanol–water partition coefficient (Wildman–Crippen LogP) is 3.55. The Morgan fingerprint density at radius 2 is 2.12 bits per heavy atom. The van der Waals surface area contributed by atoms with Gasteiger partial charge in [-0.1, -0.05) is 24.6 Å². The van der Waals surface area contributed by atoms with Gasteiger partial charge in [0.2, 0.25) is 0 Å². The highest BCUT2D eigenvalue weighted by atomic mass is 35.5. The number of fused-ring (bicyclic) bond motifs is 1. The Bertz CT molecular complexity index is 530. The van der Waals surface area contributed by atoms with Crippen LogP contribution in [0.5, 0.6) is 0 Å². The molecule has 0 aliphatic carbocycles. The summed E-state index contributed by atoms with van der Waals surface area (Å²) in [5, 5.41) is 11.0. The van der Waals surface area contributed by atoms with Gasteiger partial charge in [0.15, 0.2) is 0 Å². The number of benzene rings is 1. The molecule has 92 valence electrons. The van der Waals surface area contributed by atoms with Gasteiger partial charge in [-0.2, -0.15) is 0 Å². The summed E-state index contributed by atoms with van der Waals surface area (Å²) in [6.07, 6.45) is 3.98. The fourth-order valence-corrected chi connectivity index (χ4v) is 2.48. The largest absolute Gasteiger partial charge is 0.396 e. The molecular weight excluding hydrogens is 234 g/mol. The summed E-state index contributed by atoms with van der Waals surface area (Å²) in [7, 11) is 0. The monoisotopic (exact) mass is 251 g/mol. The summed E-state index contributed by atoms with van der Waals surface area (Å²) in [6.45, 7) is 5.28. The predicted molar refractivity (Wildman–Crippen MR) is 72.8 cm³/mol. The second-order valence-corrected chi connectivity index (χ2v) is 4.75. The van der Waals surface area contributed by atoms with E-state index >= 15 is 0 Å². The highest BCUT2D eigenvalue weighted by molar-refractivity contribution is 6.32. The molecule has 1 heterocycles. The zero-order chi connectivity index (χ0) is 12.4. The second kappa shape index (κ2) is 5.11. The molecular formula is C14H18ClNO. The van der Waals surface area contributed by atoms with E-state index in [0.29, 0.717) is 0 Å². The number of hydrogen-bond donors (Lipinski definition) is 1. The van der Waals surface area contributed by atoms with Crippen molar-refractivity contribution in [3.63, 3.8) is 0 Å². The van der Waals surface area contributed by atoms with Gasteiger partial charge in [0, 0.05) is 29.8 Å². The van der Waals surface area contributed by atoms with E-state index in [-0.39, 0.29) is 6.61 Å². The van der Waals surface area contributed by atoms with Crippen LogP contribution in [-0.4, -0.2) is 16.3 Å². The minimum Gasteiger partial charge on any atom is -0.396 e. The number of nitrogens with zero attached hydrogens (tertiary/aromatic N) is 1. The highest BCUT2D eigenvalue weighted by Gasteiger charge is 2.11. The Balaban J connectivity index is 2.62. The quantitative estimate of drug-likeness (QED) is 0.883. The van der Waals surface area contributed by atoms with Crippen LogP contribution in [-0.2, 0) is 13.0 Å². The third-order valence-electron chi connectivity index (χ3n) is 3.25. The summed E-state index contributed by atoms with van der Waals surface area (Å²) in [4.78, 5) is 0. The fraction of sp³-hybridized carbons (Fsp3) is 0.429. The molecule has 0 amide bonds. The van der Waals surface area contributed by atoms with E-state index in [1.807, 2.05) is 6.07 Å². The molecule has 0 radical (unpaired) electrons. The summed E-state index contributed by atoms with van der Waals surface area (Å²) in [6, 6.07) is 4.06. The third-order valence-corrected chi connectivity index (χ3v) is 3.66. The van der Waals surface area contributed by atoms with Gasteiger partial charge < -0.3 is 9.67 Å². The van der Waals surface area contributed by atoms with E-state index in [4.69, 9.17) is 16.7 Å². The topological polar surface area (TPSA) is 25.2 Å². The Kier molecular flexibility index (Phi) is 3.75. The van der Waals surface area contributed by atoms with Crippen molar-refractivity contribution >= 4 is 22.5 Å². The molecule has 0 saturated heterocycles. The zero-order valence-electron chi connectivity index (χ0n) is 10.3. The Hall–Kier alpha value is -0.990. The van der Waals surface area contributed by atoms with Gasteiger partial charge in [-0.3, -0.25) is 0 Å². The first kappa shape index (κ1) is 12.5. The number of aliphatic hydroxyl groups is 1. The number of rotatable bonds is 4. The summed E-state index contributed by atoms with van der Waals surface area (Å²) < 4.78 is 2.21. The maximum atomic E-state index is 8.95. The Labute approximate surface area is 107 Å². The van der Waals surface area contributed by atoms with Crippen molar-refractivity contribution < 1.29 is 5.11 Å². The molecule has 2 nitrogen and oxygen atoms in total. The number of aliphatic hydroxyl groups excluding tert-OH is 1. The molecule has 0 fully saturated rings. The van der Waals surface area contributed by atoms with E-state index < -0.39 is 0 Å². The first-order valence-electron chi connectivity index (χ1n) is 6.06. The minimum absolute atomic E-state index is 0.223. The number of hydrogen-bond acceptors (Lipinski definition) is 1. The maximum absolute atomic E-state index is 8.95. The smallest absolute Gasteiger partial charge is 0.0527 e. The molecule has 17 heavy (non-hydrogen) atoms. The zero-order valence-corrected chi connectivity index (χ0v) is 11.1. The lowest BCUT2D eigenvalue weighted by molar-refractivity contribution is 0.280. The first-order chi connectivity index (χ1) is 8.19. The first-order valence-corrected chi connectivity index (χ1v) is 6.44. The molecule has 0 aliphatic heterocycles. The van der Waals surface area contributed by atoms with Crippen LogP contribution in [0.2, 0.25) is 5.02 Å². The molecule has 0 aliphatic rings. The van der Waals surface area contributed by atoms with Gasteiger partial charge in [-0.15, -0.1) is 0 Å². The molecule has 3 heteroatoms. The van der Waals surface area contributed by atoms with Crippen LogP contribution >= 0.6 is 11.6 Å². The van der Waals surface area contributed by atoms with Crippen molar-refractivity contribution in [1.29, 1.82) is 0 Å². The van der Waals surface area contributed by atoms with E-state index in [9.17, 15) is 0 Å². The van der Waals surface area contributed by atoms with Crippen molar-refractivity contribution in [3.05, 3.63) is 34.5 Å². The summed E-state index contributed by atoms with van der Waals surface area (Å²) >= 11 is 6.18. The third kappa shape index (κ3) is 2.20. The summed E-state index contributed by atoms with van der Waals surface area (Å²) in [5.74, 6) is 0. The lowest BCUT2D eigenvalue weighted by Gasteiger charge is -2.07. The molecule has 0 unspecified atom stereocenters. The SMILES string of the molecule is CCc1cn(CCCO)c2c(C)c(Cl)ccc12. The van der Waals surface area contributed by atoms with Crippen LogP contribution in [0, 0.1) is 6.92 Å². The molecule has 1 aromatic heterocycles. The molecule has 2 rings (SSSR count). The number of aryl methyl sites for hydroxylation is 3. The van der Waals surface area contributed by atoms with Crippen molar-refractivity contribution in [2.75, 3.05) is 6.61 Å².